The molecule has 1 atom stereocenters. The first kappa shape index (κ1) is 19.7. The molecule has 1 fully saturated rings. The maximum absolute atomic E-state index is 12.2. The minimum Gasteiger partial charge on any atom is -0.366 e. The highest BCUT2D eigenvalue weighted by Crippen LogP contribution is 2.33. The van der Waals surface area contributed by atoms with Gasteiger partial charge in [-0.25, -0.2) is 9.97 Å². The van der Waals surface area contributed by atoms with Crippen molar-refractivity contribution in [3.63, 3.8) is 0 Å². The molecule has 0 saturated carbocycles. The number of anilines is 4. The molecule has 1 aliphatic rings. The lowest BCUT2D eigenvalue weighted by Gasteiger charge is -2.34. The first-order valence-electron chi connectivity index (χ1n) is 9.93. The average Bonchev–Trinajstić information content (AvgIpc) is 3.24. The summed E-state index contributed by atoms with van der Waals surface area (Å²) in [6, 6.07) is 9.72. The van der Waals surface area contributed by atoms with Gasteiger partial charge in [-0.05, 0) is 24.3 Å². The van der Waals surface area contributed by atoms with Crippen LogP contribution in [0.25, 0.3) is 11.0 Å². The van der Waals surface area contributed by atoms with Gasteiger partial charge in [-0.1, -0.05) is 13.8 Å². The number of aromatic amines is 1. The number of nitrogens with one attached hydrogen (secondary N) is 4. The normalized spacial score (nSPS) is 16.5. The summed E-state index contributed by atoms with van der Waals surface area (Å²) < 4.78 is 0. The van der Waals surface area contributed by atoms with Gasteiger partial charge in [0.2, 0.25) is 5.91 Å². The van der Waals surface area contributed by atoms with Gasteiger partial charge in [-0.3, -0.25) is 10.1 Å². The third-order valence-corrected chi connectivity index (χ3v) is 5.07. The molecule has 1 aromatic carbocycles. The van der Waals surface area contributed by atoms with Crippen molar-refractivity contribution in [2.75, 3.05) is 35.2 Å². The summed E-state index contributed by atoms with van der Waals surface area (Å²) in [4.78, 5) is 26.1. The third-order valence-electron chi connectivity index (χ3n) is 5.07. The standard InChI is InChI=1S/C21H24N8O/c1-13(2)21(30)27-14-3-4-18(29-8-7-23-15(10-22)11-29)17(9-14)28-20-16-5-6-24-19(16)25-12-26-20/h3-6,9,12-13,15,23H,7-8,11H2,1-2H3,(H,27,30)(H2,24,25,26,28). The predicted octanol–water partition coefficient (Wildman–Crippen LogP) is 2.60. The Kier molecular flexibility index (Phi) is 5.50. The molecule has 1 amide bonds. The van der Waals surface area contributed by atoms with E-state index >= 15 is 0 Å². The van der Waals surface area contributed by atoms with Gasteiger partial charge in [-0.2, -0.15) is 5.26 Å². The number of aromatic nitrogens is 3. The summed E-state index contributed by atoms with van der Waals surface area (Å²) in [5.74, 6) is 0.504. The second-order valence-corrected chi connectivity index (χ2v) is 7.54. The van der Waals surface area contributed by atoms with E-state index in [1.54, 1.807) is 0 Å². The Morgan fingerprint density at radius 1 is 1.33 bits per heavy atom. The topological polar surface area (TPSA) is 122 Å². The van der Waals surface area contributed by atoms with Crippen molar-refractivity contribution in [3.8, 4) is 6.07 Å². The number of H-pyrrole nitrogens is 1. The summed E-state index contributed by atoms with van der Waals surface area (Å²) >= 11 is 0. The zero-order chi connectivity index (χ0) is 21.1. The Hall–Kier alpha value is -3.64. The smallest absolute Gasteiger partial charge is 0.226 e. The van der Waals surface area contributed by atoms with Crippen molar-refractivity contribution in [1.82, 2.24) is 20.3 Å². The van der Waals surface area contributed by atoms with Gasteiger partial charge in [0.05, 0.1) is 22.8 Å². The van der Waals surface area contributed by atoms with Gasteiger partial charge < -0.3 is 20.5 Å². The van der Waals surface area contributed by atoms with Crippen molar-refractivity contribution in [3.05, 3.63) is 36.8 Å². The zero-order valence-electron chi connectivity index (χ0n) is 16.9. The van der Waals surface area contributed by atoms with E-state index in [1.165, 1.54) is 6.33 Å². The number of amides is 1. The average molecular weight is 404 g/mol. The number of benzene rings is 1. The molecule has 2 aromatic heterocycles. The molecule has 3 aromatic rings. The van der Waals surface area contributed by atoms with Gasteiger partial charge >= 0.3 is 0 Å². The molecule has 4 N–H and O–H groups in total. The quantitative estimate of drug-likeness (QED) is 0.516. The minimum atomic E-state index is -0.234. The summed E-state index contributed by atoms with van der Waals surface area (Å²) in [6.45, 7) is 5.78. The number of carbonyl (C=O) groups excluding carboxylic acids is 1. The molecule has 0 radical (unpaired) electrons. The predicted molar refractivity (Wildman–Crippen MR) is 117 cm³/mol. The molecule has 0 aliphatic carbocycles. The Labute approximate surface area is 174 Å². The van der Waals surface area contributed by atoms with E-state index in [-0.39, 0.29) is 17.9 Å². The van der Waals surface area contributed by atoms with Crippen LogP contribution in [0.3, 0.4) is 0 Å². The highest BCUT2D eigenvalue weighted by molar-refractivity contribution is 5.95. The Balaban J connectivity index is 1.71. The number of carbonyl (C=O) groups is 1. The van der Waals surface area contributed by atoms with E-state index in [4.69, 9.17) is 0 Å². The van der Waals surface area contributed by atoms with E-state index in [2.05, 4.69) is 41.9 Å². The number of hydrogen-bond acceptors (Lipinski definition) is 7. The van der Waals surface area contributed by atoms with E-state index < -0.39 is 0 Å². The van der Waals surface area contributed by atoms with Gasteiger partial charge in [0.15, 0.2) is 0 Å². The first-order valence-corrected chi connectivity index (χ1v) is 9.93. The lowest BCUT2D eigenvalue weighted by molar-refractivity contribution is -0.118. The largest absolute Gasteiger partial charge is 0.366 e. The van der Waals surface area contributed by atoms with Crippen LogP contribution < -0.4 is 20.9 Å². The van der Waals surface area contributed by atoms with Gasteiger partial charge in [0, 0.05) is 37.4 Å². The molecule has 4 rings (SSSR count). The van der Waals surface area contributed by atoms with Gasteiger partial charge in [0.25, 0.3) is 0 Å². The Morgan fingerprint density at radius 3 is 3.00 bits per heavy atom. The van der Waals surface area contributed by atoms with Gasteiger partial charge in [0.1, 0.15) is 23.8 Å². The van der Waals surface area contributed by atoms with Crippen LogP contribution in [-0.4, -0.2) is 46.5 Å². The zero-order valence-corrected chi connectivity index (χ0v) is 16.9. The molecule has 1 aliphatic heterocycles. The molecule has 9 nitrogen and oxygen atoms in total. The molecule has 0 bridgehead atoms. The molecule has 9 heteroatoms. The molecule has 3 heterocycles. The monoisotopic (exact) mass is 404 g/mol. The minimum absolute atomic E-state index is 0.0459. The fourth-order valence-corrected chi connectivity index (χ4v) is 3.43. The van der Waals surface area contributed by atoms with Crippen LogP contribution in [0.15, 0.2) is 36.8 Å². The van der Waals surface area contributed by atoms with Crippen molar-refractivity contribution in [2.45, 2.75) is 19.9 Å². The number of nitriles is 1. The molecule has 1 unspecified atom stereocenters. The highest BCUT2D eigenvalue weighted by atomic mass is 16.1. The van der Waals surface area contributed by atoms with Crippen molar-refractivity contribution in [2.24, 2.45) is 5.92 Å². The molecular formula is C21H24N8O. The number of fused-ring (bicyclic) bond motifs is 1. The summed E-state index contributed by atoms with van der Waals surface area (Å²) in [5.41, 5.74) is 3.19. The highest BCUT2D eigenvalue weighted by Gasteiger charge is 2.22. The van der Waals surface area contributed by atoms with Crippen LogP contribution in [0.4, 0.5) is 22.9 Å². The Morgan fingerprint density at radius 2 is 2.20 bits per heavy atom. The fourth-order valence-electron chi connectivity index (χ4n) is 3.43. The number of piperazine rings is 1. The van der Waals surface area contributed by atoms with Crippen LogP contribution in [0.1, 0.15) is 13.8 Å². The van der Waals surface area contributed by atoms with E-state index in [9.17, 15) is 10.1 Å². The van der Waals surface area contributed by atoms with Crippen LogP contribution >= 0.6 is 0 Å². The van der Waals surface area contributed by atoms with E-state index in [1.807, 2.05) is 44.3 Å². The van der Waals surface area contributed by atoms with Crippen LogP contribution in [0.2, 0.25) is 0 Å². The second-order valence-electron chi connectivity index (χ2n) is 7.54. The van der Waals surface area contributed by atoms with Crippen molar-refractivity contribution < 1.29 is 4.79 Å². The lowest BCUT2D eigenvalue weighted by atomic mass is 10.1. The molecule has 0 spiro atoms. The number of nitrogens with zero attached hydrogens (tertiary/aromatic N) is 4. The first-order chi connectivity index (χ1) is 14.5. The second kappa shape index (κ2) is 8.39. The summed E-state index contributed by atoms with van der Waals surface area (Å²) in [5, 5.41) is 19.8. The van der Waals surface area contributed by atoms with Crippen molar-refractivity contribution in [1.29, 1.82) is 5.26 Å². The summed E-state index contributed by atoms with van der Waals surface area (Å²) in [6.07, 6.45) is 3.32. The molecule has 30 heavy (non-hydrogen) atoms. The SMILES string of the molecule is CC(C)C(=O)Nc1ccc(N2CCNC(C#N)C2)c(Nc2ncnc3[nH]ccc23)c1. The van der Waals surface area contributed by atoms with E-state index in [0.717, 1.165) is 35.5 Å². The number of hydrogen-bond donors (Lipinski definition) is 4. The van der Waals surface area contributed by atoms with Gasteiger partial charge in [-0.15, -0.1) is 0 Å². The maximum atomic E-state index is 12.2. The maximum Gasteiger partial charge on any atom is 0.226 e. The Bertz CT molecular complexity index is 1100. The molecule has 154 valence electrons. The van der Waals surface area contributed by atoms with Crippen molar-refractivity contribution >= 4 is 39.8 Å². The third kappa shape index (κ3) is 4.04. The lowest BCUT2D eigenvalue weighted by Crippen LogP contribution is -2.50. The molecule has 1 saturated heterocycles. The summed E-state index contributed by atoms with van der Waals surface area (Å²) in [7, 11) is 0. The van der Waals surface area contributed by atoms with Crippen LogP contribution in [0.5, 0.6) is 0 Å². The number of rotatable bonds is 5. The van der Waals surface area contributed by atoms with Crippen LogP contribution in [0, 0.1) is 17.2 Å². The van der Waals surface area contributed by atoms with Crippen LogP contribution in [-0.2, 0) is 4.79 Å². The fraction of sp³-hybridized carbons (Fsp3) is 0.333. The molecular weight excluding hydrogens is 380 g/mol. The van der Waals surface area contributed by atoms with E-state index in [0.29, 0.717) is 18.1 Å².